The average Bonchev–Trinajstić information content (AvgIpc) is 3.16. The highest BCUT2D eigenvalue weighted by Gasteiger charge is 2.26. The normalized spacial score (nSPS) is 21.6. The van der Waals surface area contributed by atoms with Crippen molar-refractivity contribution in [1.29, 1.82) is 0 Å². The number of likely N-dealkylation sites (N-methyl/N-ethyl adjacent to an activating group) is 1. The third-order valence-corrected chi connectivity index (χ3v) is 4.37. The van der Waals surface area contributed by atoms with E-state index in [-0.39, 0.29) is 6.10 Å². The minimum absolute atomic E-state index is 0.129. The number of rotatable bonds is 6. The van der Waals surface area contributed by atoms with Crippen LogP contribution in [0.3, 0.4) is 0 Å². The van der Waals surface area contributed by atoms with Crippen molar-refractivity contribution in [1.82, 2.24) is 15.0 Å². The molecule has 2 unspecified atom stereocenters. The van der Waals surface area contributed by atoms with Crippen molar-refractivity contribution in [2.75, 3.05) is 20.1 Å². The molecule has 1 heterocycles. The van der Waals surface area contributed by atoms with Crippen LogP contribution in [0.15, 0.2) is 34.9 Å². The van der Waals surface area contributed by atoms with E-state index in [1.54, 1.807) is 0 Å². The van der Waals surface area contributed by atoms with Gasteiger partial charge in [0.1, 0.15) is 0 Å². The van der Waals surface area contributed by atoms with Crippen LogP contribution in [0.1, 0.15) is 25.2 Å². The molecule has 1 aromatic carbocycles. The van der Waals surface area contributed by atoms with Crippen LogP contribution in [0.5, 0.6) is 0 Å². The molecule has 0 spiro atoms. The van der Waals surface area contributed by atoms with E-state index in [4.69, 9.17) is 4.52 Å². The van der Waals surface area contributed by atoms with Gasteiger partial charge in [-0.15, -0.1) is 0 Å². The molecule has 22 heavy (non-hydrogen) atoms. The van der Waals surface area contributed by atoms with Crippen LogP contribution in [-0.2, 0) is 6.42 Å². The Labute approximate surface area is 131 Å². The minimum Gasteiger partial charge on any atom is -0.393 e. The van der Waals surface area contributed by atoms with Crippen molar-refractivity contribution in [3.05, 3.63) is 36.2 Å². The van der Waals surface area contributed by atoms with Crippen LogP contribution >= 0.6 is 0 Å². The Hall–Kier alpha value is -1.72. The van der Waals surface area contributed by atoms with Gasteiger partial charge in [-0.05, 0) is 25.8 Å². The van der Waals surface area contributed by atoms with Crippen molar-refractivity contribution in [3.63, 3.8) is 0 Å². The summed E-state index contributed by atoms with van der Waals surface area (Å²) in [5.74, 6) is 1.72. The standard InChI is InChI=1S/C17H23N3O2/c1-20(12-14-8-5-9-15(14)21)11-10-16-18-17(19-22-16)13-6-3-2-4-7-13/h2-4,6-7,14-15,21H,5,8-12H2,1H3. The minimum atomic E-state index is -0.129. The second kappa shape index (κ2) is 7.03. The largest absolute Gasteiger partial charge is 0.393 e. The van der Waals surface area contributed by atoms with Crippen LogP contribution in [0.25, 0.3) is 11.4 Å². The van der Waals surface area contributed by atoms with E-state index in [9.17, 15) is 5.11 Å². The van der Waals surface area contributed by atoms with Crippen molar-refractivity contribution in [2.24, 2.45) is 5.92 Å². The highest BCUT2D eigenvalue weighted by molar-refractivity contribution is 5.53. The fourth-order valence-electron chi connectivity index (χ4n) is 3.07. The molecule has 1 fully saturated rings. The van der Waals surface area contributed by atoms with Gasteiger partial charge < -0.3 is 14.5 Å². The van der Waals surface area contributed by atoms with Crippen LogP contribution in [0.2, 0.25) is 0 Å². The quantitative estimate of drug-likeness (QED) is 0.887. The van der Waals surface area contributed by atoms with Crippen molar-refractivity contribution >= 4 is 0 Å². The van der Waals surface area contributed by atoms with Gasteiger partial charge in [0.2, 0.25) is 11.7 Å². The van der Waals surface area contributed by atoms with E-state index in [2.05, 4.69) is 22.1 Å². The van der Waals surface area contributed by atoms with Crippen LogP contribution < -0.4 is 0 Å². The summed E-state index contributed by atoms with van der Waals surface area (Å²) in [6.07, 6.45) is 3.82. The van der Waals surface area contributed by atoms with Gasteiger partial charge >= 0.3 is 0 Å². The molecule has 1 aromatic heterocycles. The van der Waals surface area contributed by atoms with Gasteiger partial charge in [0, 0.05) is 25.1 Å². The first-order valence-electron chi connectivity index (χ1n) is 7.97. The Balaban J connectivity index is 1.50. The number of hydrogen-bond donors (Lipinski definition) is 1. The molecule has 0 amide bonds. The summed E-state index contributed by atoms with van der Waals surface area (Å²) in [4.78, 5) is 6.69. The van der Waals surface area contributed by atoms with Crippen LogP contribution in [-0.4, -0.2) is 46.4 Å². The zero-order valence-electron chi connectivity index (χ0n) is 13.0. The Morgan fingerprint density at radius 1 is 1.27 bits per heavy atom. The molecule has 3 rings (SSSR count). The van der Waals surface area contributed by atoms with E-state index < -0.39 is 0 Å². The summed E-state index contributed by atoms with van der Waals surface area (Å²) in [5.41, 5.74) is 0.972. The third kappa shape index (κ3) is 3.72. The first kappa shape index (κ1) is 15.2. The summed E-state index contributed by atoms with van der Waals surface area (Å²) >= 11 is 0. The predicted octanol–water partition coefficient (Wildman–Crippen LogP) is 2.37. The van der Waals surface area contributed by atoms with Gasteiger partial charge in [-0.1, -0.05) is 41.9 Å². The number of aromatic nitrogens is 2. The van der Waals surface area contributed by atoms with E-state index >= 15 is 0 Å². The molecular weight excluding hydrogens is 278 g/mol. The lowest BCUT2D eigenvalue weighted by Crippen LogP contribution is -2.31. The highest BCUT2D eigenvalue weighted by atomic mass is 16.5. The van der Waals surface area contributed by atoms with Crippen LogP contribution in [0.4, 0.5) is 0 Å². The van der Waals surface area contributed by atoms with Gasteiger partial charge in [0.05, 0.1) is 6.10 Å². The van der Waals surface area contributed by atoms with E-state index in [0.29, 0.717) is 17.6 Å². The lowest BCUT2D eigenvalue weighted by atomic mass is 10.1. The Kier molecular flexibility index (Phi) is 4.85. The fraction of sp³-hybridized carbons (Fsp3) is 0.529. The maximum Gasteiger partial charge on any atom is 0.228 e. The zero-order chi connectivity index (χ0) is 15.4. The van der Waals surface area contributed by atoms with E-state index in [0.717, 1.165) is 44.3 Å². The molecule has 5 nitrogen and oxygen atoms in total. The summed E-state index contributed by atoms with van der Waals surface area (Å²) in [6, 6.07) is 9.85. The van der Waals surface area contributed by atoms with Gasteiger partial charge in [-0.2, -0.15) is 4.98 Å². The lowest BCUT2D eigenvalue weighted by molar-refractivity contribution is 0.109. The number of aliphatic hydroxyl groups is 1. The third-order valence-electron chi connectivity index (χ3n) is 4.37. The number of nitrogens with zero attached hydrogens (tertiary/aromatic N) is 3. The van der Waals surface area contributed by atoms with E-state index in [1.165, 1.54) is 0 Å². The molecular formula is C17H23N3O2. The van der Waals surface area contributed by atoms with Gasteiger partial charge in [0.25, 0.3) is 0 Å². The Morgan fingerprint density at radius 3 is 2.82 bits per heavy atom. The first-order chi connectivity index (χ1) is 10.7. The molecule has 2 aromatic rings. The van der Waals surface area contributed by atoms with Crippen LogP contribution in [0, 0.1) is 5.92 Å². The first-order valence-corrected chi connectivity index (χ1v) is 7.97. The van der Waals surface area contributed by atoms with Crippen molar-refractivity contribution in [3.8, 4) is 11.4 Å². The highest BCUT2D eigenvalue weighted by Crippen LogP contribution is 2.26. The van der Waals surface area contributed by atoms with Gasteiger partial charge in [-0.3, -0.25) is 0 Å². The van der Waals surface area contributed by atoms with Gasteiger partial charge in [0.15, 0.2) is 0 Å². The smallest absolute Gasteiger partial charge is 0.228 e. The maximum absolute atomic E-state index is 9.88. The summed E-state index contributed by atoms with van der Waals surface area (Å²) in [7, 11) is 2.08. The SMILES string of the molecule is CN(CCc1nc(-c2ccccc2)no1)CC1CCCC1O. The van der Waals surface area contributed by atoms with Crippen molar-refractivity contribution in [2.45, 2.75) is 31.8 Å². The fourth-order valence-corrected chi connectivity index (χ4v) is 3.07. The topological polar surface area (TPSA) is 62.4 Å². The Morgan fingerprint density at radius 2 is 2.09 bits per heavy atom. The average molecular weight is 301 g/mol. The lowest BCUT2D eigenvalue weighted by Gasteiger charge is -2.22. The molecule has 118 valence electrons. The predicted molar refractivity (Wildman–Crippen MR) is 84.3 cm³/mol. The number of hydrogen-bond acceptors (Lipinski definition) is 5. The molecule has 1 N–H and O–H groups in total. The second-order valence-electron chi connectivity index (χ2n) is 6.15. The monoisotopic (exact) mass is 301 g/mol. The summed E-state index contributed by atoms with van der Waals surface area (Å²) < 4.78 is 5.32. The summed E-state index contributed by atoms with van der Waals surface area (Å²) in [6.45, 7) is 1.79. The van der Waals surface area contributed by atoms with Gasteiger partial charge in [-0.25, -0.2) is 0 Å². The second-order valence-corrected chi connectivity index (χ2v) is 6.15. The number of aliphatic hydroxyl groups excluding tert-OH is 1. The molecule has 1 saturated carbocycles. The molecule has 0 saturated heterocycles. The molecule has 0 radical (unpaired) electrons. The Bertz CT molecular complexity index is 585. The molecule has 0 bridgehead atoms. The molecule has 0 aliphatic heterocycles. The molecule has 2 atom stereocenters. The van der Waals surface area contributed by atoms with Crippen molar-refractivity contribution < 1.29 is 9.63 Å². The molecule has 1 aliphatic rings. The molecule has 1 aliphatic carbocycles. The number of benzene rings is 1. The zero-order valence-corrected chi connectivity index (χ0v) is 13.0. The molecule has 5 heteroatoms. The summed E-state index contributed by atoms with van der Waals surface area (Å²) in [5, 5.41) is 13.9. The van der Waals surface area contributed by atoms with E-state index in [1.807, 2.05) is 30.3 Å². The maximum atomic E-state index is 9.88.